The highest BCUT2D eigenvalue weighted by atomic mass is 79.9. The van der Waals surface area contributed by atoms with Gasteiger partial charge in [0.15, 0.2) is 10.9 Å². The molecule has 0 saturated carbocycles. The molecule has 3 rings (SSSR count). The number of fused-ring (bicyclic) bond motifs is 3. The van der Waals surface area contributed by atoms with Crippen molar-refractivity contribution < 1.29 is 5.11 Å². The van der Waals surface area contributed by atoms with Gasteiger partial charge >= 0.3 is 0 Å². The number of nitriles is 1. The number of aliphatic hydroxyl groups is 1. The summed E-state index contributed by atoms with van der Waals surface area (Å²) in [5.41, 5.74) is 1.63. The summed E-state index contributed by atoms with van der Waals surface area (Å²) in [7, 11) is 3.60. The number of aliphatic imine (C=N–C) groups is 1. The summed E-state index contributed by atoms with van der Waals surface area (Å²) in [4.78, 5) is 6.03. The topological polar surface area (TPSA) is 59.6 Å². The van der Waals surface area contributed by atoms with E-state index in [2.05, 4.69) is 11.1 Å². The molecule has 0 bridgehead atoms. The first kappa shape index (κ1) is 14.4. The van der Waals surface area contributed by atoms with Crippen molar-refractivity contribution in [2.24, 2.45) is 4.99 Å². The number of nitrogens with zero attached hydrogens (tertiary/aromatic N) is 3. The van der Waals surface area contributed by atoms with Crippen LogP contribution in [0.1, 0.15) is 16.7 Å². The van der Waals surface area contributed by atoms with E-state index in [1.807, 2.05) is 24.1 Å². The van der Waals surface area contributed by atoms with Crippen molar-refractivity contribution in [2.45, 2.75) is 17.4 Å². The zero-order valence-corrected chi connectivity index (χ0v) is 13.2. The number of rotatable bonds is 0. The van der Waals surface area contributed by atoms with Crippen LogP contribution in [0, 0.1) is 11.3 Å². The summed E-state index contributed by atoms with van der Waals surface area (Å²) >= 11 is 1.60. The molecular weight excluding hydrogens is 326 g/mol. The summed E-state index contributed by atoms with van der Waals surface area (Å²) in [5.74, 6) is 0. The monoisotopic (exact) mass is 339 g/mol. The zero-order chi connectivity index (χ0) is 12.9. The minimum atomic E-state index is -0.983. The number of halogens is 1. The van der Waals surface area contributed by atoms with Gasteiger partial charge in [-0.05, 0) is 24.1 Å². The molecular formula is C13H14BrN3OS. The van der Waals surface area contributed by atoms with E-state index in [1.54, 1.807) is 24.9 Å². The van der Waals surface area contributed by atoms with Crippen molar-refractivity contribution in [2.75, 3.05) is 14.1 Å². The van der Waals surface area contributed by atoms with E-state index in [0.29, 0.717) is 5.56 Å². The average molecular weight is 340 g/mol. The number of amidine groups is 1. The van der Waals surface area contributed by atoms with Crippen LogP contribution in [0.4, 0.5) is 0 Å². The van der Waals surface area contributed by atoms with Crippen LogP contribution in [0.15, 0.2) is 23.2 Å². The van der Waals surface area contributed by atoms with Crippen molar-refractivity contribution in [1.82, 2.24) is 4.90 Å². The maximum Gasteiger partial charge on any atom is 0.178 e. The second-order valence-corrected chi connectivity index (χ2v) is 5.76. The fourth-order valence-corrected chi connectivity index (χ4v) is 4.15. The average Bonchev–Trinajstić information content (AvgIpc) is 2.80. The Labute approximate surface area is 126 Å². The van der Waals surface area contributed by atoms with Gasteiger partial charge in [0.05, 0.1) is 16.9 Å². The summed E-state index contributed by atoms with van der Waals surface area (Å²) in [6.45, 7) is 0. The van der Waals surface area contributed by atoms with Crippen LogP contribution in [0.25, 0.3) is 0 Å². The molecule has 1 fully saturated rings. The van der Waals surface area contributed by atoms with E-state index in [4.69, 9.17) is 5.26 Å². The minimum absolute atomic E-state index is 0. The summed E-state index contributed by atoms with van der Waals surface area (Å²) in [6, 6.07) is 7.65. The highest BCUT2D eigenvalue weighted by molar-refractivity contribution is 8.93. The lowest BCUT2D eigenvalue weighted by Crippen LogP contribution is -2.44. The van der Waals surface area contributed by atoms with Gasteiger partial charge in [-0.25, -0.2) is 0 Å². The van der Waals surface area contributed by atoms with Crippen molar-refractivity contribution in [3.63, 3.8) is 0 Å². The Morgan fingerprint density at radius 3 is 2.95 bits per heavy atom. The Balaban J connectivity index is 0.00000133. The van der Waals surface area contributed by atoms with Crippen molar-refractivity contribution in [3.8, 4) is 6.07 Å². The van der Waals surface area contributed by atoms with Gasteiger partial charge < -0.3 is 10.0 Å². The maximum atomic E-state index is 11.0. The van der Waals surface area contributed by atoms with E-state index in [1.165, 1.54) is 0 Å². The molecule has 0 spiro atoms. The van der Waals surface area contributed by atoms with Crippen LogP contribution < -0.4 is 0 Å². The van der Waals surface area contributed by atoms with Crippen molar-refractivity contribution in [3.05, 3.63) is 34.9 Å². The fraction of sp³-hybridized carbons (Fsp3) is 0.385. The van der Waals surface area contributed by atoms with Gasteiger partial charge in [0, 0.05) is 19.7 Å². The summed E-state index contributed by atoms with van der Waals surface area (Å²) in [5, 5.41) is 20.8. The van der Waals surface area contributed by atoms with E-state index >= 15 is 0 Å². The van der Waals surface area contributed by atoms with Crippen molar-refractivity contribution in [1.29, 1.82) is 5.26 Å². The number of hydrogen-bond acceptors (Lipinski definition) is 4. The first-order valence-electron chi connectivity index (χ1n) is 5.74. The predicted octanol–water partition coefficient (Wildman–Crippen LogP) is 1.87. The molecule has 2 unspecified atom stereocenters. The molecule has 0 aromatic heterocycles. The van der Waals surface area contributed by atoms with E-state index < -0.39 is 5.72 Å². The van der Waals surface area contributed by atoms with Gasteiger partial charge in [-0.2, -0.15) is 5.26 Å². The predicted molar refractivity (Wildman–Crippen MR) is 81.6 cm³/mol. The minimum Gasteiger partial charge on any atom is -0.366 e. The van der Waals surface area contributed by atoms with E-state index in [0.717, 1.165) is 22.7 Å². The van der Waals surface area contributed by atoms with Crippen molar-refractivity contribution >= 4 is 33.9 Å². The normalized spacial score (nSPS) is 29.7. The van der Waals surface area contributed by atoms with Crippen LogP contribution in [-0.2, 0) is 12.1 Å². The molecule has 1 N–H and O–H groups in total. The third-order valence-electron chi connectivity index (χ3n) is 3.72. The Morgan fingerprint density at radius 1 is 1.58 bits per heavy atom. The van der Waals surface area contributed by atoms with Gasteiger partial charge in [0.1, 0.15) is 0 Å². The van der Waals surface area contributed by atoms with Gasteiger partial charge in [0.25, 0.3) is 0 Å². The SMILES string of the molecule is Br.C/N=C1\SC2Cc3cc(C#N)ccc3C2(O)N1C. The Hall–Kier alpha value is -1.03. The quantitative estimate of drug-likeness (QED) is 0.783. The Bertz CT molecular complexity index is 598. The van der Waals surface area contributed by atoms with Gasteiger partial charge in [-0.3, -0.25) is 4.99 Å². The summed E-state index contributed by atoms with van der Waals surface area (Å²) in [6.07, 6.45) is 0.773. The summed E-state index contributed by atoms with van der Waals surface area (Å²) < 4.78 is 0. The van der Waals surface area contributed by atoms with Gasteiger partial charge in [-0.15, -0.1) is 17.0 Å². The molecule has 0 amide bonds. The lowest BCUT2D eigenvalue weighted by Gasteiger charge is -2.31. The lowest BCUT2D eigenvalue weighted by atomic mass is 10.0. The standard InChI is InChI=1S/C13H13N3OS.BrH/c1-15-12-16(2)13(17)10-4-3-8(7-14)5-9(10)6-11(13)18-12;/h3-5,11,17H,6H2,1-2H3;1H/b15-12-;. The third kappa shape index (κ3) is 1.80. The first-order chi connectivity index (χ1) is 8.61. The second kappa shape index (κ2) is 4.82. The molecule has 0 radical (unpaired) electrons. The lowest BCUT2D eigenvalue weighted by molar-refractivity contribution is -0.0496. The first-order valence-corrected chi connectivity index (χ1v) is 6.62. The van der Waals surface area contributed by atoms with Crippen LogP contribution >= 0.6 is 28.7 Å². The highest BCUT2D eigenvalue weighted by Gasteiger charge is 2.55. The van der Waals surface area contributed by atoms with E-state index in [-0.39, 0.29) is 22.2 Å². The fourth-order valence-electron chi connectivity index (χ4n) is 2.78. The molecule has 1 aliphatic heterocycles. The highest BCUT2D eigenvalue weighted by Crippen LogP contribution is 2.51. The van der Waals surface area contributed by atoms with Crippen LogP contribution in [0.2, 0.25) is 0 Å². The molecule has 1 saturated heterocycles. The largest absolute Gasteiger partial charge is 0.366 e. The molecule has 1 aromatic rings. The Morgan fingerprint density at radius 2 is 2.32 bits per heavy atom. The van der Waals surface area contributed by atoms with Crippen LogP contribution in [0.3, 0.4) is 0 Å². The maximum absolute atomic E-state index is 11.0. The Kier molecular flexibility index (Phi) is 3.65. The third-order valence-corrected chi connectivity index (χ3v) is 5.17. The molecule has 4 nitrogen and oxygen atoms in total. The number of thioether (sulfide) groups is 1. The zero-order valence-electron chi connectivity index (χ0n) is 10.6. The molecule has 2 aliphatic rings. The van der Waals surface area contributed by atoms with Gasteiger partial charge in [0.2, 0.25) is 0 Å². The van der Waals surface area contributed by atoms with Gasteiger partial charge in [-0.1, -0.05) is 17.8 Å². The smallest absolute Gasteiger partial charge is 0.178 e. The molecule has 1 aromatic carbocycles. The van der Waals surface area contributed by atoms with Crippen LogP contribution in [-0.4, -0.2) is 34.5 Å². The molecule has 2 atom stereocenters. The number of benzene rings is 1. The molecule has 1 heterocycles. The molecule has 100 valence electrons. The number of hydrogen-bond donors (Lipinski definition) is 1. The molecule has 1 aliphatic carbocycles. The molecule has 6 heteroatoms. The van der Waals surface area contributed by atoms with E-state index in [9.17, 15) is 5.11 Å². The van der Waals surface area contributed by atoms with Crippen LogP contribution in [0.5, 0.6) is 0 Å². The second-order valence-electron chi connectivity index (χ2n) is 4.59. The molecule has 19 heavy (non-hydrogen) atoms.